The number of amides is 1. The zero-order valence-electron chi connectivity index (χ0n) is 20.0. The topological polar surface area (TPSA) is 67.2 Å². The molecule has 0 bridgehead atoms. The number of hydrogen-bond donors (Lipinski definition) is 1. The van der Waals surface area contributed by atoms with Crippen LogP contribution in [0.4, 0.5) is 0 Å². The van der Waals surface area contributed by atoms with Crippen LogP contribution in [0.2, 0.25) is 0 Å². The molecule has 0 aliphatic carbocycles. The van der Waals surface area contributed by atoms with E-state index in [0.717, 1.165) is 43.3 Å². The Morgan fingerprint density at radius 3 is 2.55 bits per heavy atom. The van der Waals surface area contributed by atoms with E-state index < -0.39 is 0 Å². The van der Waals surface area contributed by atoms with E-state index in [-0.39, 0.29) is 28.6 Å². The van der Waals surface area contributed by atoms with Crippen molar-refractivity contribution in [3.8, 4) is 0 Å². The second kappa shape index (κ2) is 9.11. The van der Waals surface area contributed by atoms with Gasteiger partial charge in [0.25, 0.3) is 5.56 Å². The number of aromatic nitrogens is 2. The summed E-state index contributed by atoms with van der Waals surface area (Å²) in [7, 11) is 0. The highest BCUT2D eigenvalue weighted by molar-refractivity contribution is 5.80. The Morgan fingerprint density at radius 2 is 1.90 bits per heavy atom. The van der Waals surface area contributed by atoms with Crippen molar-refractivity contribution in [1.82, 2.24) is 19.8 Å². The first kappa shape index (κ1) is 23.5. The van der Waals surface area contributed by atoms with Gasteiger partial charge in [-0.2, -0.15) is 0 Å². The van der Waals surface area contributed by atoms with E-state index >= 15 is 0 Å². The summed E-state index contributed by atoms with van der Waals surface area (Å²) in [5, 5.41) is 4.32. The Balaban J connectivity index is 1.78. The van der Waals surface area contributed by atoms with Crippen LogP contribution in [0.5, 0.6) is 0 Å². The maximum atomic E-state index is 13.3. The van der Waals surface area contributed by atoms with Gasteiger partial charge in [-0.25, -0.2) is 4.98 Å². The molecule has 1 aliphatic rings. The molecule has 0 atom stereocenters. The van der Waals surface area contributed by atoms with Crippen LogP contribution in [-0.4, -0.2) is 44.0 Å². The van der Waals surface area contributed by atoms with Crippen LogP contribution < -0.4 is 10.9 Å². The summed E-state index contributed by atoms with van der Waals surface area (Å²) in [5.41, 5.74) is 1.60. The summed E-state index contributed by atoms with van der Waals surface area (Å²) in [6.45, 7) is 14.1. The SMILES string of the molecule is CCCCN(C(=O)CCn1cnc2c(C)cccc2c1=O)C1CC(C)(C)NC(C)(C)C1. The number of nitrogens with zero attached hydrogens (tertiary/aromatic N) is 3. The Kier molecular flexibility index (Phi) is 6.89. The third kappa shape index (κ3) is 5.53. The molecule has 0 saturated carbocycles. The Bertz CT molecular complexity index is 977. The lowest BCUT2D eigenvalue weighted by atomic mass is 9.79. The number of fused-ring (bicyclic) bond motifs is 1. The number of unbranched alkanes of at least 4 members (excludes halogenated alkanes) is 1. The Morgan fingerprint density at radius 1 is 1.23 bits per heavy atom. The molecule has 1 fully saturated rings. The highest BCUT2D eigenvalue weighted by Gasteiger charge is 2.40. The highest BCUT2D eigenvalue weighted by atomic mass is 16.2. The van der Waals surface area contributed by atoms with E-state index in [0.29, 0.717) is 18.4 Å². The molecule has 2 heterocycles. The van der Waals surface area contributed by atoms with Crippen LogP contribution in [-0.2, 0) is 11.3 Å². The molecule has 1 amide bonds. The van der Waals surface area contributed by atoms with Gasteiger partial charge in [0.15, 0.2) is 0 Å². The average molecular weight is 427 g/mol. The van der Waals surface area contributed by atoms with Crippen LogP contribution in [0.25, 0.3) is 10.9 Å². The first-order valence-electron chi connectivity index (χ1n) is 11.6. The minimum absolute atomic E-state index is 0.0196. The summed E-state index contributed by atoms with van der Waals surface area (Å²) in [6, 6.07) is 5.85. The number of benzene rings is 1. The second-order valence-electron chi connectivity index (χ2n) is 10.4. The first-order chi connectivity index (χ1) is 14.5. The number of carbonyl (C=O) groups excluding carboxylic acids is 1. The predicted octanol–water partition coefficient (Wildman–Crippen LogP) is 4.03. The molecule has 170 valence electrons. The molecule has 1 aliphatic heterocycles. The molecule has 0 spiro atoms. The zero-order chi connectivity index (χ0) is 22.8. The first-order valence-corrected chi connectivity index (χ1v) is 11.6. The van der Waals surface area contributed by atoms with Gasteiger partial charge in [-0.05, 0) is 65.5 Å². The minimum atomic E-state index is -0.0780. The van der Waals surface area contributed by atoms with E-state index in [9.17, 15) is 9.59 Å². The zero-order valence-corrected chi connectivity index (χ0v) is 20.0. The maximum Gasteiger partial charge on any atom is 0.261 e. The van der Waals surface area contributed by atoms with Crippen molar-refractivity contribution in [2.75, 3.05) is 6.54 Å². The number of rotatable bonds is 7. The molecule has 1 saturated heterocycles. The molecule has 0 radical (unpaired) electrons. The smallest absolute Gasteiger partial charge is 0.261 e. The lowest BCUT2D eigenvalue weighted by molar-refractivity contribution is -0.135. The van der Waals surface area contributed by atoms with Crippen molar-refractivity contribution in [2.45, 2.75) is 97.3 Å². The quantitative estimate of drug-likeness (QED) is 0.726. The number of hydrogen-bond acceptors (Lipinski definition) is 4. The number of para-hydroxylation sites is 1. The van der Waals surface area contributed by atoms with Crippen LogP contribution in [0.3, 0.4) is 0 Å². The standard InChI is InChI=1S/C25H38N4O2/c1-7-8-13-29(19-15-24(3,4)27-25(5,6)16-19)21(30)12-14-28-17-26-22-18(2)10-9-11-20(22)23(28)31/h9-11,17,19,27H,7-8,12-16H2,1-6H3. The lowest BCUT2D eigenvalue weighted by Crippen LogP contribution is -2.63. The molecule has 1 aromatic heterocycles. The molecule has 0 unspecified atom stereocenters. The van der Waals surface area contributed by atoms with Gasteiger partial charge in [-0.15, -0.1) is 0 Å². The van der Waals surface area contributed by atoms with Crippen molar-refractivity contribution in [3.05, 3.63) is 40.4 Å². The number of piperidine rings is 1. The fourth-order valence-corrected chi connectivity index (χ4v) is 5.18. The van der Waals surface area contributed by atoms with Gasteiger partial charge >= 0.3 is 0 Å². The summed E-state index contributed by atoms with van der Waals surface area (Å²) in [6.07, 6.45) is 5.80. The predicted molar refractivity (Wildman–Crippen MR) is 126 cm³/mol. The molecule has 3 rings (SSSR count). The fourth-order valence-electron chi connectivity index (χ4n) is 5.18. The van der Waals surface area contributed by atoms with Crippen molar-refractivity contribution in [2.24, 2.45) is 0 Å². The van der Waals surface area contributed by atoms with Gasteiger partial charge in [0, 0.05) is 36.6 Å². The molecular weight excluding hydrogens is 388 g/mol. The van der Waals surface area contributed by atoms with Crippen LogP contribution in [0, 0.1) is 6.92 Å². The maximum absolute atomic E-state index is 13.3. The summed E-state index contributed by atoms with van der Waals surface area (Å²) >= 11 is 0. The lowest BCUT2D eigenvalue weighted by Gasteiger charge is -2.49. The van der Waals surface area contributed by atoms with Gasteiger partial charge in [-0.3, -0.25) is 14.2 Å². The van der Waals surface area contributed by atoms with Gasteiger partial charge in [0.2, 0.25) is 5.91 Å². The van der Waals surface area contributed by atoms with Crippen molar-refractivity contribution >= 4 is 16.8 Å². The molecular formula is C25H38N4O2. The van der Waals surface area contributed by atoms with Crippen LogP contribution >= 0.6 is 0 Å². The third-order valence-electron chi connectivity index (χ3n) is 6.30. The molecule has 6 heteroatoms. The third-order valence-corrected chi connectivity index (χ3v) is 6.30. The summed E-state index contributed by atoms with van der Waals surface area (Å²) in [5.74, 6) is 0.128. The Labute approximate surface area is 186 Å². The molecule has 1 aromatic carbocycles. The monoisotopic (exact) mass is 426 g/mol. The average Bonchev–Trinajstić information content (AvgIpc) is 2.66. The Hall–Kier alpha value is -2.21. The molecule has 6 nitrogen and oxygen atoms in total. The van der Waals surface area contributed by atoms with Gasteiger partial charge in [0.1, 0.15) is 0 Å². The molecule has 31 heavy (non-hydrogen) atoms. The van der Waals surface area contributed by atoms with E-state index in [1.165, 1.54) is 0 Å². The normalized spacial score (nSPS) is 18.3. The molecule has 1 N–H and O–H groups in total. The summed E-state index contributed by atoms with van der Waals surface area (Å²) in [4.78, 5) is 32.8. The number of carbonyl (C=O) groups is 1. The van der Waals surface area contributed by atoms with E-state index in [1.54, 1.807) is 10.9 Å². The van der Waals surface area contributed by atoms with Crippen LogP contribution in [0.1, 0.15) is 72.3 Å². The van der Waals surface area contributed by atoms with Gasteiger partial charge in [-0.1, -0.05) is 25.5 Å². The number of aryl methyl sites for hydroxylation is 2. The van der Waals surface area contributed by atoms with Crippen molar-refractivity contribution < 1.29 is 4.79 Å². The van der Waals surface area contributed by atoms with Gasteiger partial charge < -0.3 is 10.2 Å². The van der Waals surface area contributed by atoms with E-state index in [4.69, 9.17) is 0 Å². The minimum Gasteiger partial charge on any atom is -0.340 e. The van der Waals surface area contributed by atoms with Crippen LogP contribution in [0.15, 0.2) is 29.3 Å². The highest BCUT2D eigenvalue weighted by Crippen LogP contribution is 2.32. The largest absolute Gasteiger partial charge is 0.340 e. The second-order valence-corrected chi connectivity index (χ2v) is 10.4. The van der Waals surface area contributed by atoms with E-state index in [1.807, 2.05) is 25.1 Å². The van der Waals surface area contributed by atoms with Gasteiger partial charge in [0.05, 0.1) is 17.2 Å². The fraction of sp³-hybridized carbons (Fsp3) is 0.640. The van der Waals surface area contributed by atoms with E-state index in [2.05, 4.69) is 49.8 Å². The summed E-state index contributed by atoms with van der Waals surface area (Å²) < 4.78 is 1.58. The van der Waals surface area contributed by atoms with Crippen molar-refractivity contribution in [3.63, 3.8) is 0 Å². The molecule has 2 aromatic rings. The number of nitrogens with one attached hydrogen (secondary N) is 1. The van der Waals surface area contributed by atoms with Crippen molar-refractivity contribution in [1.29, 1.82) is 0 Å².